The summed E-state index contributed by atoms with van der Waals surface area (Å²) in [6, 6.07) is 0. The molecule has 0 rings (SSSR count). The van der Waals surface area contributed by atoms with E-state index in [0.717, 1.165) is 64.2 Å². The highest BCUT2D eigenvalue weighted by atomic mass is 16.5. The van der Waals surface area contributed by atoms with E-state index in [-0.39, 0.29) is 12.1 Å². The zero-order valence-electron chi connectivity index (χ0n) is 18.4. The standard InChI is InChI=1S/C26H42O2/c1-4-6-7-8-9-10-11-12-13-14-15-16-17-18-19-20-21-22-23-24-26(27)28-25(3)5-2/h6-7,9-10,12-13,15-16,18-19,25H,4-5,8,11,14,17,20-24H2,1-3H3/b7-6-,10-9-,13-12-,16-15-,19-18-. The van der Waals surface area contributed by atoms with Crippen molar-refractivity contribution in [3.63, 3.8) is 0 Å². The lowest BCUT2D eigenvalue weighted by Gasteiger charge is -2.10. The maximum Gasteiger partial charge on any atom is 0.306 e. The predicted octanol–water partition coefficient (Wildman–Crippen LogP) is 8.03. The topological polar surface area (TPSA) is 26.3 Å². The maximum absolute atomic E-state index is 11.5. The number of unbranched alkanes of at least 4 members (excludes halogenated alkanes) is 3. The van der Waals surface area contributed by atoms with E-state index in [1.165, 1.54) is 0 Å². The third-order valence-electron chi connectivity index (χ3n) is 4.32. The van der Waals surface area contributed by atoms with Crippen LogP contribution >= 0.6 is 0 Å². The lowest BCUT2D eigenvalue weighted by molar-refractivity contribution is -0.148. The molecule has 0 bridgehead atoms. The second-order valence-corrected chi connectivity index (χ2v) is 7.02. The molecular formula is C26H42O2. The molecule has 0 aliphatic carbocycles. The molecule has 0 aliphatic rings. The molecule has 0 aliphatic heterocycles. The summed E-state index contributed by atoms with van der Waals surface area (Å²) in [5, 5.41) is 0. The molecule has 0 radical (unpaired) electrons. The minimum Gasteiger partial charge on any atom is -0.463 e. The highest BCUT2D eigenvalue weighted by Crippen LogP contribution is 2.07. The molecule has 1 atom stereocenters. The van der Waals surface area contributed by atoms with Gasteiger partial charge >= 0.3 is 5.97 Å². The summed E-state index contributed by atoms with van der Waals surface area (Å²) in [4.78, 5) is 11.5. The molecule has 0 aromatic carbocycles. The quantitative estimate of drug-likeness (QED) is 0.144. The Morgan fingerprint density at radius 1 is 0.714 bits per heavy atom. The normalized spacial score (nSPS) is 13.7. The molecule has 1 unspecified atom stereocenters. The lowest BCUT2D eigenvalue weighted by atomic mass is 10.1. The first kappa shape index (κ1) is 26.2. The summed E-state index contributed by atoms with van der Waals surface area (Å²) < 4.78 is 5.27. The summed E-state index contributed by atoms with van der Waals surface area (Å²) >= 11 is 0. The largest absolute Gasteiger partial charge is 0.463 e. The number of allylic oxidation sites excluding steroid dienone is 10. The number of carbonyl (C=O) groups excluding carboxylic acids is 1. The Labute approximate surface area is 174 Å². The Balaban J connectivity index is 3.48. The van der Waals surface area contributed by atoms with Crippen LogP contribution in [0.3, 0.4) is 0 Å². The molecule has 0 aromatic heterocycles. The Morgan fingerprint density at radius 2 is 1.21 bits per heavy atom. The number of esters is 1. The average molecular weight is 387 g/mol. The summed E-state index contributed by atoms with van der Waals surface area (Å²) in [5.41, 5.74) is 0. The molecule has 0 spiro atoms. The minimum atomic E-state index is -0.0516. The van der Waals surface area contributed by atoms with Crippen LogP contribution in [0.2, 0.25) is 0 Å². The maximum atomic E-state index is 11.5. The molecule has 0 aromatic rings. The fourth-order valence-corrected chi connectivity index (χ4v) is 2.44. The van der Waals surface area contributed by atoms with Crippen molar-refractivity contribution in [1.82, 2.24) is 0 Å². The van der Waals surface area contributed by atoms with Gasteiger partial charge in [-0.3, -0.25) is 4.79 Å². The van der Waals surface area contributed by atoms with Crippen LogP contribution in [0.1, 0.15) is 91.4 Å². The molecule has 158 valence electrons. The molecule has 2 heteroatoms. The van der Waals surface area contributed by atoms with Gasteiger partial charge in [-0.15, -0.1) is 0 Å². The molecular weight excluding hydrogens is 344 g/mol. The first-order chi connectivity index (χ1) is 13.7. The van der Waals surface area contributed by atoms with E-state index >= 15 is 0 Å². The smallest absolute Gasteiger partial charge is 0.306 e. The Morgan fingerprint density at radius 3 is 1.71 bits per heavy atom. The third kappa shape index (κ3) is 20.5. The predicted molar refractivity (Wildman–Crippen MR) is 123 cm³/mol. The fourth-order valence-electron chi connectivity index (χ4n) is 2.44. The fraction of sp³-hybridized carbons (Fsp3) is 0.577. The number of rotatable bonds is 17. The molecule has 0 heterocycles. The first-order valence-electron chi connectivity index (χ1n) is 11.1. The van der Waals surface area contributed by atoms with Gasteiger partial charge in [0.15, 0.2) is 0 Å². The van der Waals surface area contributed by atoms with Crippen LogP contribution in [0.25, 0.3) is 0 Å². The third-order valence-corrected chi connectivity index (χ3v) is 4.32. The zero-order valence-corrected chi connectivity index (χ0v) is 18.4. The van der Waals surface area contributed by atoms with Gasteiger partial charge in [-0.2, -0.15) is 0 Å². The first-order valence-corrected chi connectivity index (χ1v) is 11.1. The summed E-state index contributed by atoms with van der Waals surface area (Å²) in [6.45, 7) is 6.13. The summed E-state index contributed by atoms with van der Waals surface area (Å²) in [6.07, 6.45) is 33.1. The van der Waals surface area contributed by atoms with Crippen molar-refractivity contribution in [2.24, 2.45) is 0 Å². The van der Waals surface area contributed by atoms with E-state index in [1.807, 2.05) is 13.8 Å². The highest BCUT2D eigenvalue weighted by Gasteiger charge is 2.06. The SMILES string of the molecule is CC/C=C\C/C=C\C/C=C\C/C=C\C/C=C\CCCCCC(=O)OC(C)CC. The van der Waals surface area contributed by atoms with Crippen molar-refractivity contribution in [3.8, 4) is 0 Å². The van der Waals surface area contributed by atoms with Gasteiger partial charge in [0.05, 0.1) is 6.10 Å². The summed E-state index contributed by atoms with van der Waals surface area (Å²) in [7, 11) is 0. The van der Waals surface area contributed by atoms with Gasteiger partial charge in [0.2, 0.25) is 0 Å². The van der Waals surface area contributed by atoms with Crippen molar-refractivity contribution in [2.45, 2.75) is 97.5 Å². The molecule has 28 heavy (non-hydrogen) atoms. The van der Waals surface area contributed by atoms with Gasteiger partial charge in [0.1, 0.15) is 0 Å². The number of hydrogen-bond donors (Lipinski definition) is 0. The molecule has 0 N–H and O–H groups in total. The molecule has 2 nitrogen and oxygen atoms in total. The van der Waals surface area contributed by atoms with E-state index in [2.05, 4.69) is 67.7 Å². The van der Waals surface area contributed by atoms with Gasteiger partial charge in [-0.25, -0.2) is 0 Å². The van der Waals surface area contributed by atoms with E-state index in [0.29, 0.717) is 6.42 Å². The van der Waals surface area contributed by atoms with E-state index in [1.54, 1.807) is 0 Å². The summed E-state index contributed by atoms with van der Waals surface area (Å²) in [5.74, 6) is -0.0516. The van der Waals surface area contributed by atoms with Crippen molar-refractivity contribution in [2.75, 3.05) is 0 Å². The zero-order chi connectivity index (χ0) is 20.7. The van der Waals surface area contributed by atoms with Gasteiger partial charge in [-0.05, 0) is 64.7 Å². The van der Waals surface area contributed by atoms with Crippen LogP contribution in [0, 0.1) is 0 Å². The minimum absolute atomic E-state index is 0.0498. The second kappa shape index (κ2) is 21.5. The van der Waals surface area contributed by atoms with Crippen LogP contribution in [-0.4, -0.2) is 12.1 Å². The molecule has 0 fully saturated rings. The molecule has 0 saturated heterocycles. The van der Waals surface area contributed by atoms with Crippen molar-refractivity contribution in [1.29, 1.82) is 0 Å². The lowest BCUT2D eigenvalue weighted by Crippen LogP contribution is -2.13. The van der Waals surface area contributed by atoms with E-state index in [9.17, 15) is 4.79 Å². The van der Waals surface area contributed by atoms with E-state index < -0.39 is 0 Å². The monoisotopic (exact) mass is 386 g/mol. The Bertz CT molecular complexity index is 495. The highest BCUT2D eigenvalue weighted by molar-refractivity contribution is 5.69. The van der Waals surface area contributed by atoms with E-state index in [4.69, 9.17) is 4.74 Å². The Kier molecular flexibility index (Phi) is 20.1. The molecule has 0 amide bonds. The van der Waals surface area contributed by atoms with Gasteiger partial charge in [0, 0.05) is 6.42 Å². The van der Waals surface area contributed by atoms with Crippen LogP contribution < -0.4 is 0 Å². The van der Waals surface area contributed by atoms with Gasteiger partial charge < -0.3 is 4.74 Å². The number of ether oxygens (including phenoxy) is 1. The van der Waals surface area contributed by atoms with Crippen LogP contribution in [-0.2, 0) is 9.53 Å². The molecule has 0 saturated carbocycles. The van der Waals surface area contributed by atoms with Crippen LogP contribution in [0.4, 0.5) is 0 Å². The van der Waals surface area contributed by atoms with Crippen LogP contribution in [0.5, 0.6) is 0 Å². The van der Waals surface area contributed by atoms with Crippen molar-refractivity contribution >= 4 is 5.97 Å². The van der Waals surface area contributed by atoms with Crippen molar-refractivity contribution < 1.29 is 9.53 Å². The van der Waals surface area contributed by atoms with Gasteiger partial charge in [-0.1, -0.05) is 81.0 Å². The Hall–Kier alpha value is -1.83. The average Bonchev–Trinajstić information content (AvgIpc) is 2.69. The number of hydrogen-bond acceptors (Lipinski definition) is 2. The van der Waals surface area contributed by atoms with Crippen molar-refractivity contribution in [3.05, 3.63) is 60.8 Å². The second-order valence-electron chi connectivity index (χ2n) is 7.02. The van der Waals surface area contributed by atoms with Gasteiger partial charge in [0.25, 0.3) is 0 Å². The number of carbonyl (C=O) groups is 1. The van der Waals surface area contributed by atoms with Crippen LogP contribution in [0.15, 0.2) is 60.8 Å².